The second-order valence-corrected chi connectivity index (χ2v) is 9.88. The first-order valence-electron chi connectivity index (χ1n) is 12.8. The number of aromatic nitrogens is 1. The Kier molecular flexibility index (Phi) is 8.11. The summed E-state index contributed by atoms with van der Waals surface area (Å²) in [5.41, 5.74) is 11.0. The monoisotopic (exact) mass is 501 g/mol. The van der Waals surface area contributed by atoms with Gasteiger partial charge in [-0.15, -0.1) is 0 Å². The number of likely N-dealkylation sites (N-methyl/N-ethyl adjacent to an activating group) is 1. The number of nitrogen functional groups attached to an aromatic ring is 1. The molecular formula is C29H35N5O3. The van der Waals surface area contributed by atoms with E-state index in [-0.39, 0.29) is 23.9 Å². The predicted molar refractivity (Wildman–Crippen MR) is 144 cm³/mol. The number of benzene rings is 2. The summed E-state index contributed by atoms with van der Waals surface area (Å²) in [6.07, 6.45) is 1.33. The number of nitrogens with two attached hydrogens (primary N) is 1. The molecule has 1 amide bonds. The van der Waals surface area contributed by atoms with Crippen molar-refractivity contribution in [3.63, 3.8) is 0 Å². The van der Waals surface area contributed by atoms with Crippen LogP contribution < -0.4 is 11.1 Å². The normalized spacial score (nSPS) is 20.7. The van der Waals surface area contributed by atoms with Crippen molar-refractivity contribution >= 4 is 11.7 Å². The van der Waals surface area contributed by atoms with Gasteiger partial charge in [0.05, 0.1) is 31.4 Å². The van der Waals surface area contributed by atoms with Crippen LogP contribution in [0.1, 0.15) is 21.5 Å². The van der Waals surface area contributed by atoms with E-state index in [9.17, 15) is 4.79 Å². The van der Waals surface area contributed by atoms with Crippen LogP contribution in [0.4, 0.5) is 5.82 Å². The third-order valence-electron chi connectivity index (χ3n) is 7.14. The fraction of sp³-hybridized carbons (Fsp3) is 0.379. The predicted octanol–water partition coefficient (Wildman–Crippen LogP) is 2.79. The minimum absolute atomic E-state index is 0.209. The number of anilines is 1. The Bertz CT molecular complexity index is 1180. The van der Waals surface area contributed by atoms with Crippen LogP contribution in [-0.2, 0) is 22.6 Å². The van der Waals surface area contributed by atoms with Crippen LogP contribution in [-0.4, -0.2) is 79.3 Å². The Labute approximate surface area is 218 Å². The average Bonchev–Trinajstić information content (AvgIpc) is 3.36. The number of carbonyl (C=O) groups excluding carboxylic acids is 1. The van der Waals surface area contributed by atoms with E-state index < -0.39 is 0 Å². The van der Waals surface area contributed by atoms with Crippen molar-refractivity contribution in [3.8, 4) is 11.1 Å². The number of carbonyl (C=O) groups is 1. The van der Waals surface area contributed by atoms with Crippen molar-refractivity contribution in [1.29, 1.82) is 0 Å². The Balaban J connectivity index is 1.12. The molecule has 0 aliphatic carbocycles. The first-order chi connectivity index (χ1) is 18.0. The largest absolute Gasteiger partial charge is 0.383 e. The molecule has 8 nitrogen and oxygen atoms in total. The molecule has 2 fully saturated rings. The number of nitrogens with zero attached hydrogens (tertiary/aromatic N) is 3. The maximum atomic E-state index is 12.6. The summed E-state index contributed by atoms with van der Waals surface area (Å²) in [5.74, 6) is -0.0604. The summed E-state index contributed by atoms with van der Waals surface area (Å²) in [6, 6.07) is 20.4. The lowest BCUT2D eigenvalue weighted by molar-refractivity contribution is 0.0218. The smallest absolute Gasteiger partial charge is 0.255 e. The van der Waals surface area contributed by atoms with Gasteiger partial charge in [-0.2, -0.15) is 0 Å². The van der Waals surface area contributed by atoms with Gasteiger partial charge in [0.25, 0.3) is 5.91 Å². The SMILES string of the molecule is CN1CCN(Cc2ccc(-c3ccc(CO[C@H]4COC[C@@H]4NC(=O)c4cccnc4N)cc3)cc2)CC1. The summed E-state index contributed by atoms with van der Waals surface area (Å²) >= 11 is 0. The fourth-order valence-corrected chi connectivity index (χ4v) is 4.75. The molecule has 2 atom stereocenters. The third-order valence-corrected chi connectivity index (χ3v) is 7.14. The maximum absolute atomic E-state index is 12.6. The zero-order chi connectivity index (χ0) is 25.6. The van der Waals surface area contributed by atoms with Gasteiger partial charge < -0.3 is 25.4 Å². The molecule has 0 radical (unpaired) electrons. The molecule has 2 saturated heterocycles. The minimum Gasteiger partial charge on any atom is -0.383 e. The Morgan fingerprint density at radius 1 is 1.00 bits per heavy atom. The number of ether oxygens (including phenoxy) is 2. The Morgan fingerprint density at radius 2 is 1.68 bits per heavy atom. The molecule has 5 rings (SSSR count). The molecule has 37 heavy (non-hydrogen) atoms. The minimum atomic E-state index is -0.270. The standard InChI is InChI=1S/C29H35N5O3/c1-33-13-15-34(16-14-33)17-21-4-8-23(9-5-21)24-10-6-22(7-11-24)18-37-27-20-36-19-26(27)32-29(35)25-3-2-12-31-28(25)30/h2-12,26-27H,13-20H2,1H3,(H2,30,31)(H,32,35)/t26-,27-/m0/s1. The average molecular weight is 502 g/mol. The van der Waals surface area contributed by atoms with Gasteiger partial charge in [0.15, 0.2) is 0 Å². The van der Waals surface area contributed by atoms with E-state index in [1.54, 1.807) is 18.3 Å². The van der Waals surface area contributed by atoms with Gasteiger partial charge in [0, 0.05) is 38.9 Å². The number of hydrogen-bond donors (Lipinski definition) is 2. The molecule has 0 unspecified atom stereocenters. The topological polar surface area (TPSA) is 93.0 Å². The number of rotatable bonds is 8. The van der Waals surface area contributed by atoms with Crippen LogP contribution in [0, 0.1) is 0 Å². The highest BCUT2D eigenvalue weighted by Crippen LogP contribution is 2.22. The second kappa shape index (κ2) is 11.8. The molecule has 194 valence electrons. The molecule has 0 spiro atoms. The second-order valence-electron chi connectivity index (χ2n) is 9.88. The summed E-state index contributed by atoms with van der Waals surface area (Å²) < 4.78 is 11.7. The van der Waals surface area contributed by atoms with Crippen LogP contribution in [0.15, 0.2) is 66.9 Å². The van der Waals surface area contributed by atoms with Crippen molar-refractivity contribution in [1.82, 2.24) is 20.1 Å². The Hall–Kier alpha value is -3.30. The van der Waals surface area contributed by atoms with E-state index >= 15 is 0 Å². The molecule has 0 saturated carbocycles. The molecule has 2 aliphatic heterocycles. The molecule has 1 aromatic heterocycles. The van der Waals surface area contributed by atoms with E-state index in [2.05, 4.69) is 75.7 Å². The highest BCUT2D eigenvalue weighted by molar-refractivity contribution is 5.98. The van der Waals surface area contributed by atoms with Crippen molar-refractivity contribution < 1.29 is 14.3 Å². The number of nitrogens with one attached hydrogen (secondary N) is 1. The zero-order valence-corrected chi connectivity index (χ0v) is 21.3. The van der Waals surface area contributed by atoms with E-state index in [4.69, 9.17) is 15.2 Å². The molecule has 0 bridgehead atoms. The lowest BCUT2D eigenvalue weighted by Crippen LogP contribution is -2.44. The maximum Gasteiger partial charge on any atom is 0.255 e. The highest BCUT2D eigenvalue weighted by atomic mass is 16.5. The summed E-state index contributed by atoms with van der Waals surface area (Å²) in [4.78, 5) is 21.5. The van der Waals surface area contributed by atoms with Crippen molar-refractivity contribution in [3.05, 3.63) is 83.6 Å². The van der Waals surface area contributed by atoms with Crippen molar-refractivity contribution in [2.45, 2.75) is 25.3 Å². The fourth-order valence-electron chi connectivity index (χ4n) is 4.75. The van der Waals surface area contributed by atoms with Crippen molar-refractivity contribution in [2.75, 3.05) is 52.2 Å². The molecule has 3 aromatic rings. The van der Waals surface area contributed by atoms with Gasteiger partial charge in [-0.05, 0) is 41.4 Å². The molecular weight excluding hydrogens is 466 g/mol. The number of pyridine rings is 1. The van der Waals surface area contributed by atoms with Gasteiger partial charge >= 0.3 is 0 Å². The van der Waals surface area contributed by atoms with Gasteiger partial charge in [0.2, 0.25) is 0 Å². The van der Waals surface area contributed by atoms with Crippen LogP contribution in [0.25, 0.3) is 11.1 Å². The molecule has 2 aliphatic rings. The van der Waals surface area contributed by atoms with E-state index in [0.717, 1.165) is 38.3 Å². The van der Waals surface area contributed by atoms with Crippen LogP contribution in [0.2, 0.25) is 0 Å². The van der Waals surface area contributed by atoms with E-state index in [0.29, 0.717) is 25.4 Å². The van der Waals surface area contributed by atoms with Gasteiger partial charge in [-0.1, -0.05) is 48.5 Å². The lowest BCUT2D eigenvalue weighted by Gasteiger charge is -2.32. The quantitative estimate of drug-likeness (QED) is 0.490. The van der Waals surface area contributed by atoms with Crippen LogP contribution in [0.5, 0.6) is 0 Å². The zero-order valence-electron chi connectivity index (χ0n) is 21.3. The number of amides is 1. The lowest BCUT2D eigenvalue weighted by atomic mass is 10.0. The molecule has 8 heteroatoms. The summed E-state index contributed by atoms with van der Waals surface area (Å²) in [6.45, 7) is 6.82. The molecule has 2 aromatic carbocycles. The van der Waals surface area contributed by atoms with E-state index in [1.807, 2.05) is 0 Å². The number of piperazine rings is 1. The Morgan fingerprint density at radius 3 is 2.35 bits per heavy atom. The summed E-state index contributed by atoms with van der Waals surface area (Å²) in [7, 11) is 2.19. The van der Waals surface area contributed by atoms with Crippen LogP contribution >= 0.6 is 0 Å². The van der Waals surface area contributed by atoms with Gasteiger partial charge in [0.1, 0.15) is 11.9 Å². The van der Waals surface area contributed by atoms with Crippen LogP contribution in [0.3, 0.4) is 0 Å². The first-order valence-corrected chi connectivity index (χ1v) is 12.8. The van der Waals surface area contributed by atoms with Gasteiger partial charge in [-0.3, -0.25) is 9.69 Å². The van der Waals surface area contributed by atoms with Gasteiger partial charge in [-0.25, -0.2) is 4.98 Å². The molecule has 3 heterocycles. The van der Waals surface area contributed by atoms with E-state index in [1.165, 1.54) is 16.7 Å². The van der Waals surface area contributed by atoms with Crippen molar-refractivity contribution in [2.24, 2.45) is 0 Å². The third kappa shape index (κ3) is 6.53. The molecule has 3 N–H and O–H groups in total. The highest BCUT2D eigenvalue weighted by Gasteiger charge is 2.31. The number of hydrogen-bond acceptors (Lipinski definition) is 7. The summed E-state index contributed by atoms with van der Waals surface area (Å²) in [5, 5.41) is 2.97. The first kappa shape index (κ1) is 25.4.